The molecule has 0 atom stereocenters. The topological polar surface area (TPSA) is 73.6 Å². The SMILES string of the molecule is O=c1cc(CCl)c2ccc(OS(=O)(=O)c3ccccc3)cc2o1. The molecular formula is C16H11ClO5S. The molecule has 0 spiro atoms. The smallest absolute Gasteiger partial charge is 0.339 e. The molecule has 1 heterocycles. The van der Waals surface area contributed by atoms with Crippen LogP contribution < -0.4 is 9.81 Å². The van der Waals surface area contributed by atoms with Crippen LogP contribution in [0, 0.1) is 0 Å². The molecule has 3 rings (SSSR count). The minimum atomic E-state index is -3.95. The van der Waals surface area contributed by atoms with Crippen LogP contribution in [0.1, 0.15) is 5.56 Å². The van der Waals surface area contributed by atoms with Gasteiger partial charge in [0.25, 0.3) is 0 Å². The summed E-state index contributed by atoms with van der Waals surface area (Å²) in [5, 5.41) is 0.629. The van der Waals surface area contributed by atoms with Gasteiger partial charge in [-0.25, -0.2) is 4.79 Å². The largest absolute Gasteiger partial charge is 0.423 e. The van der Waals surface area contributed by atoms with E-state index in [1.54, 1.807) is 24.3 Å². The normalized spacial score (nSPS) is 11.5. The van der Waals surface area contributed by atoms with E-state index in [0.29, 0.717) is 10.9 Å². The number of hydrogen-bond donors (Lipinski definition) is 0. The van der Waals surface area contributed by atoms with Crippen LogP contribution in [0.15, 0.2) is 68.7 Å². The second-order valence-electron chi connectivity index (χ2n) is 4.73. The van der Waals surface area contributed by atoms with Gasteiger partial charge in [-0.2, -0.15) is 8.42 Å². The number of alkyl halides is 1. The highest BCUT2D eigenvalue weighted by atomic mass is 35.5. The second-order valence-corrected chi connectivity index (χ2v) is 6.55. The van der Waals surface area contributed by atoms with Gasteiger partial charge in [-0.1, -0.05) is 18.2 Å². The molecule has 0 saturated carbocycles. The maximum absolute atomic E-state index is 12.2. The van der Waals surface area contributed by atoms with E-state index in [1.807, 2.05) is 0 Å². The Kier molecular flexibility index (Phi) is 4.11. The van der Waals surface area contributed by atoms with Crippen molar-refractivity contribution in [2.24, 2.45) is 0 Å². The third-order valence-corrected chi connectivity index (χ3v) is 4.73. The molecule has 0 aliphatic heterocycles. The van der Waals surface area contributed by atoms with E-state index in [1.165, 1.54) is 30.3 Å². The molecule has 0 saturated heterocycles. The first-order valence-corrected chi connectivity index (χ1v) is 8.56. The van der Waals surface area contributed by atoms with Crippen LogP contribution in [0.3, 0.4) is 0 Å². The van der Waals surface area contributed by atoms with Crippen LogP contribution in [0.25, 0.3) is 11.0 Å². The zero-order chi connectivity index (χ0) is 16.4. The predicted octanol–water partition coefficient (Wildman–Crippen LogP) is 3.30. The average Bonchev–Trinajstić information content (AvgIpc) is 2.54. The third-order valence-electron chi connectivity index (χ3n) is 3.18. The van der Waals surface area contributed by atoms with Crippen molar-refractivity contribution < 1.29 is 17.0 Å². The fourth-order valence-electron chi connectivity index (χ4n) is 2.13. The van der Waals surface area contributed by atoms with Crippen LogP contribution in [0.2, 0.25) is 0 Å². The first kappa shape index (κ1) is 15.6. The molecule has 0 bridgehead atoms. The van der Waals surface area contributed by atoms with Gasteiger partial charge in [0, 0.05) is 23.4 Å². The van der Waals surface area contributed by atoms with Gasteiger partial charge in [-0.15, -0.1) is 11.6 Å². The van der Waals surface area contributed by atoms with Gasteiger partial charge in [0.1, 0.15) is 16.2 Å². The Balaban J connectivity index is 2.03. The van der Waals surface area contributed by atoms with Gasteiger partial charge in [-0.05, 0) is 29.8 Å². The Hall–Kier alpha value is -2.31. The average molecular weight is 351 g/mol. The summed E-state index contributed by atoms with van der Waals surface area (Å²) in [6.45, 7) is 0. The molecular weight excluding hydrogens is 340 g/mol. The Bertz CT molecular complexity index is 1010. The van der Waals surface area contributed by atoms with Crippen LogP contribution >= 0.6 is 11.6 Å². The molecule has 7 heteroatoms. The molecule has 23 heavy (non-hydrogen) atoms. The monoisotopic (exact) mass is 350 g/mol. The lowest BCUT2D eigenvalue weighted by Gasteiger charge is -2.08. The molecule has 0 N–H and O–H groups in total. The fourth-order valence-corrected chi connectivity index (χ4v) is 3.30. The number of hydrogen-bond acceptors (Lipinski definition) is 5. The van der Waals surface area contributed by atoms with Crippen molar-refractivity contribution in [3.05, 3.63) is 70.6 Å². The lowest BCUT2D eigenvalue weighted by molar-refractivity contribution is 0.485. The lowest BCUT2D eigenvalue weighted by Crippen LogP contribution is -2.09. The minimum absolute atomic E-state index is 0.0380. The summed E-state index contributed by atoms with van der Waals surface area (Å²) in [5.74, 6) is 0.196. The molecule has 0 fully saturated rings. The summed E-state index contributed by atoms with van der Waals surface area (Å²) in [7, 11) is -3.95. The van der Waals surface area contributed by atoms with E-state index in [0.717, 1.165) is 0 Å². The number of fused-ring (bicyclic) bond motifs is 1. The van der Waals surface area contributed by atoms with Crippen molar-refractivity contribution >= 4 is 32.7 Å². The van der Waals surface area contributed by atoms with E-state index in [-0.39, 0.29) is 22.1 Å². The standard InChI is InChI=1S/C16H11ClO5S/c17-10-11-8-16(18)21-15-9-12(6-7-14(11)15)22-23(19,20)13-4-2-1-3-5-13/h1-9H,10H2. The molecule has 5 nitrogen and oxygen atoms in total. The van der Waals surface area contributed by atoms with Gasteiger partial charge < -0.3 is 8.60 Å². The van der Waals surface area contributed by atoms with E-state index >= 15 is 0 Å². The molecule has 1 aromatic heterocycles. The van der Waals surface area contributed by atoms with E-state index in [2.05, 4.69) is 0 Å². The van der Waals surface area contributed by atoms with Gasteiger partial charge >= 0.3 is 15.7 Å². The highest BCUT2D eigenvalue weighted by Crippen LogP contribution is 2.25. The predicted molar refractivity (Wildman–Crippen MR) is 86.3 cm³/mol. The van der Waals surface area contributed by atoms with Crippen LogP contribution in [-0.2, 0) is 16.0 Å². The Morgan fingerprint density at radius 3 is 2.48 bits per heavy atom. The van der Waals surface area contributed by atoms with E-state index in [4.69, 9.17) is 20.2 Å². The summed E-state index contributed by atoms with van der Waals surface area (Å²) < 4.78 is 34.5. The maximum atomic E-state index is 12.2. The van der Waals surface area contributed by atoms with Crippen LogP contribution in [0.4, 0.5) is 0 Å². The summed E-state index contributed by atoms with van der Waals surface area (Å²) in [5.41, 5.74) is 0.264. The Morgan fingerprint density at radius 1 is 1.04 bits per heavy atom. The minimum Gasteiger partial charge on any atom is -0.423 e. The number of rotatable bonds is 4. The van der Waals surface area contributed by atoms with Gasteiger partial charge in [0.2, 0.25) is 0 Å². The van der Waals surface area contributed by atoms with Gasteiger partial charge in [0.05, 0.1) is 0 Å². The molecule has 0 aliphatic rings. The van der Waals surface area contributed by atoms with Crippen molar-refractivity contribution in [1.29, 1.82) is 0 Å². The maximum Gasteiger partial charge on any atom is 0.339 e. The van der Waals surface area contributed by atoms with Gasteiger partial charge in [-0.3, -0.25) is 0 Å². The van der Waals surface area contributed by atoms with Crippen molar-refractivity contribution in [3.63, 3.8) is 0 Å². The molecule has 0 radical (unpaired) electrons. The molecule has 0 aliphatic carbocycles. The van der Waals surface area contributed by atoms with Crippen LogP contribution in [-0.4, -0.2) is 8.42 Å². The molecule has 0 unspecified atom stereocenters. The first-order valence-electron chi connectivity index (χ1n) is 6.62. The summed E-state index contributed by atoms with van der Waals surface area (Å²) in [6, 6.07) is 13.5. The first-order chi connectivity index (χ1) is 11.0. The quantitative estimate of drug-likeness (QED) is 0.410. The summed E-state index contributed by atoms with van der Waals surface area (Å²) in [6.07, 6.45) is 0. The molecule has 2 aromatic carbocycles. The molecule has 3 aromatic rings. The number of halogens is 1. The Morgan fingerprint density at radius 2 is 1.78 bits per heavy atom. The third kappa shape index (κ3) is 3.23. The van der Waals surface area contributed by atoms with Crippen molar-refractivity contribution in [2.45, 2.75) is 10.8 Å². The lowest BCUT2D eigenvalue weighted by atomic mass is 10.1. The van der Waals surface area contributed by atoms with Crippen molar-refractivity contribution in [2.75, 3.05) is 0 Å². The van der Waals surface area contributed by atoms with Crippen LogP contribution in [0.5, 0.6) is 5.75 Å². The highest BCUT2D eigenvalue weighted by molar-refractivity contribution is 7.87. The summed E-state index contributed by atoms with van der Waals surface area (Å²) in [4.78, 5) is 11.5. The Labute approximate surface area is 137 Å². The fraction of sp³-hybridized carbons (Fsp3) is 0.0625. The summed E-state index contributed by atoms with van der Waals surface area (Å²) >= 11 is 5.80. The van der Waals surface area contributed by atoms with Crippen molar-refractivity contribution in [3.8, 4) is 5.75 Å². The molecule has 0 amide bonds. The second kappa shape index (κ2) is 6.06. The molecule has 118 valence electrons. The van der Waals surface area contributed by atoms with E-state index in [9.17, 15) is 13.2 Å². The highest BCUT2D eigenvalue weighted by Gasteiger charge is 2.17. The van der Waals surface area contributed by atoms with E-state index < -0.39 is 15.7 Å². The van der Waals surface area contributed by atoms with Gasteiger partial charge in [0.15, 0.2) is 0 Å². The zero-order valence-electron chi connectivity index (χ0n) is 11.7. The number of benzene rings is 2. The van der Waals surface area contributed by atoms with Crippen molar-refractivity contribution in [1.82, 2.24) is 0 Å². The zero-order valence-corrected chi connectivity index (χ0v) is 13.3.